The molecule has 0 fully saturated rings. The van der Waals surface area contributed by atoms with Crippen LogP contribution in [-0.2, 0) is 6.42 Å². The number of rotatable bonds is 4. The molecule has 2 atom stereocenters. The number of nitrogens with zero attached hydrogens (tertiary/aromatic N) is 2. The summed E-state index contributed by atoms with van der Waals surface area (Å²) in [5.74, 6) is 0.0310. The molecule has 0 saturated heterocycles. The highest BCUT2D eigenvalue weighted by molar-refractivity contribution is 5.47. The minimum atomic E-state index is -0.448. The number of aliphatic hydroxyl groups excluding tert-OH is 1. The zero-order chi connectivity index (χ0) is 13.2. The van der Waals surface area contributed by atoms with Gasteiger partial charge < -0.3 is 5.11 Å². The lowest BCUT2D eigenvalue weighted by molar-refractivity contribution is -0.386. The van der Waals surface area contributed by atoms with Gasteiger partial charge in [-0.15, -0.1) is 0 Å². The monoisotopic (exact) mass is 238 g/mol. The lowest BCUT2D eigenvalue weighted by Crippen LogP contribution is -2.17. The fourth-order valence-electron chi connectivity index (χ4n) is 1.73. The third-order valence-electron chi connectivity index (χ3n) is 3.10. The Bertz CT molecular complexity index is 430. The molecule has 0 amide bonds. The minimum absolute atomic E-state index is 0.0310. The SMILES string of the molecule is Cc1cnc(CC(C)C(C)O)c(C)c1[N+](=O)[O-]. The first kappa shape index (κ1) is 13.6. The fourth-order valence-corrected chi connectivity index (χ4v) is 1.73. The summed E-state index contributed by atoms with van der Waals surface area (Å²) in [7, 11) is 0. The molecule has 0 aromatic carbocycles. The van der Waals surface area contributed by atoms with Crippen LogP contribution in [0.4, 0.5) is 5.69 Å². The first-order valence-corrected chi connectivity index (χ1v) is 5.62. The van der Waals surface area contributed by atoms with Gasteiger partial charge in [0.05, 0.1) is 16.7 Å². The van der Waals surface area contributed by atoms with Gasteiger partial charge in [0.2, 0.25) is 0 Å². The van der Waals surface area contributed by atoms with Gasteiger partial charge in [-0.25, -0.2) is 0 Å². The van der Waals surface area contributed by atoms with Crippen LogP contribution in [0.2, 0.25) is 0 Å². The molecular formula is C12H18N2O3. The van der Waals surface area contributed by atoms with Crippen molar-refractivity contribution in [1.29, 1.82) is 0 Å². The maximum atomic E-state index is 10.9. The van der Waals surface area contributed by atoms with Crippen molar-refractivity contribution in [1.82, 2.24) is 4.98 Å². The Kier molecular flexibility index (Phi) is 4.17. The van der Waals surface area contributed by atoms with Crippen LogP contribution in [0, 0.1) is 29.9 Å². The Labute approximate surface area is 101 Å². The molecule has 0 aliphatic rings. The van der Waals surface area contributed by atoms with E-state index in [0.29, 0.717) is 23.2 Å². The molecule has 17 heavy (non-hydrogen) atoms. The van der Waals surface area contributed by atoms with Gasteiger partial charge in [0, 0.05) is 17.3 Å². The minimum Gasteiger partial charge on any atom is -0.393 e. The van der Waals surface area contributed by atoms with E-state index in [0.717, 1.165) is 0 Å². The molecular weight excluding hydrogens is 220 g/mol. The number of aliphatic hydroxyl groups is 1. The van der Waals surface area contributed by atoms with Crippen molar-refractivity contribution in [3.8, 4) is 0 Å². The summed E-state index contributed by atoms with van der Waals surface area (Å²) in [4.78, 5) is 14.8. The number of aromatic nitrogens is 1. The Morgan fingerprint density at radius 1 is 1.47 bits per heavy atom. The zero-order valence-electron chi connectivity index (χ0n) is 10.6. The third kappa shape index (κ3) is 3.00. The van der Waals surface area contributed by atoms with E-state index in [1.807, 2.05) is 6.92 Å². The average Bonchev–Trinajstić information content (AvgIpc) is 2.21. The summed E-state index contributed by atoms with van der Waals surface area (Å²) < 4.78 is 0. The van der Waals surface area contributed by atoms with Crippen LogP contribution in [-0.4, -0.2) is 21.1 Å². The van der Waals surface area contributed by atoms with Crippen LogP contribution < -0.4 is 0 Å². The first-order chi connectivity index (χ1) is 7.84. The van der Waals surface area contributed by atoms with E-state index in [2.05, 4.69) is 4.98 Å². The normalized spacial score (nSPS) is 14.4. The number of hydrogen-bond donors (Lipinski definition) is 1. The lowest BCUT2D eigenvalue weighted by Gasteiger charge is -2.15. The van der Waals surface area contributed by atoms with Crippen molar-refractivity contribution in [2.45, 2.75) is 40.2 Å². The van der Waals surface area contributed by atoms with Gasteiger partial charge in [-0.1, -0.05) is 6.92 Å². The number of hydrogen-bond acceptors (Lipinski definition) is 4. The van der Waals surface area contributed by atoms with Crippen molar-refractivity contribution >= 4 is 5.69 Å². The molecule has 5 nitrogen and oxygen atoms in total. The maximum absolute atomic E-state index is 10.9. The van der Waals surface area contributed by atoms with Crippen LogP contribution in [0.15, 0.2) is 6.20 Å². The van der Waals surface area contributed by atoms with E-state index < -0.39 is 6.10 Å². The summed E-state index contributed by atoms with van der Waals surface area (Å²) in [5.41, 5.74) is 1.99. The summed E-state index contributed by atoms with van der Waals surface area (Å²) in [5, 5.41) is 20.4. The molecule has 5 heteroatoms. The van der Waals surface area contributed by atoms with Crippen LogP contribution >= 0.6 is 0 Å². The molecule has 1 aromatic rings. The van der Waals surface area contributed by atoms with Crippen molar-refractivity contribution < 1.29 is 10.0 Å². The van der Waals surface area contributed by atoms with E-state index in [1.165, 1.54) is 6.20 Å². The third-order valence-corrected chi connectivity index (χ3v) is 3.10. The van der Waals surface area contributed by atoms with Crippen LogP contribution in [0.1, 0.15) is 30.7 Å². The number of pyridine rings is 1. The van der Waals surface area contributed by atoms with E-state index >= 15 is 0 Å². The highest BCUT2D eigenvalue weighted by Crippen LogP contribution is 2.25. The molecule has 1 heterocycles. The standard InChI is InChI=1S/C12H18N2O3/c1-7(10(4)15)5-11-9(3)12(14(16)17)8(2)6-13-11/h6-7,10,15H,5H2,1-4H3. The van der Waals surface area contributed by atoms with E-state index in [4.69, 9.17) is 0 Å². The summed E-state index contributed by atoms with van der Waals surface area (Å²) in [6, 6.07) is 0. The van der Waals surface area contributed by atoms with Gasteiger partial charge in [-0.3, -0.25) is 15.1 Å². The predicted octanol–water partition coefficient (Wildman–Crippen LogP) is 2.17. The molecule has 0 saturated carbocycles. The largest absolute Gasteiger partial charge is 0.393 e. The Hall–Kier alpha value is -1.49. The van der Waals surface area contributed by atoms with Gasteiger partial charge in [0.1, 0.15) is 0 Å². The molecule has 1 rings (SSSR count). The molecule has 0 aliphatic heterocycles. The second-order valence-electron chi connectivity index (χ2n) is 4.54. The van der Waals surface area contributed by atoms with E-state index in [9.17, 15) is 15.2 Å². The summed E-state index contributed by atoms with van der Waals surface area (Å²) in [6.07, 6.45) is 1.62. The molecule has 1 aromatic heterocycles. The molecule has 2 unspecified atom stereocenters. The Morgan fingerprint density at radius 2 is 2.06 bits per heavy atom. The quantitative estimate of drug-likeness (QED) is 0.644. The molecule has 1 N–H and O–H groups in total. The van der Waals surface area contributed by atoms with Gasteiger partial charge in [0.25, 0.3) is 5.69 Å². The van der Waals surface area contributed by atoms with Crippen molar-refractivity contribution in [3.63, 3.8) is 0 Å². The van der Waals surface area contributed by atoms with Crippen LogP contribution in [0.3, 0.4) is 0 Å². The van der Waals surface area contributed by atoms with E-state index in [1.54, 1.807) is 20.8 Å². The van der Waals surface area contributed by atoms with Gasteiger partial charge in [-0.2, -0.15) is 0 Å². The lowest BCUT2D eigenvalue weighted by atomic mass is 9.96. The highest BCUT2D eigenvalue weighted by atomic mass is 16.6. The van der Waals surface area contributed by atoms with Crippen LogP contribution in [0.5, 0.6) is 0 Å². The van der Waals surface area contributed by atoms with E-state index in [-0.39, 0.29) is 16.5 Å². The Balaban J connectivity index is 3.11. The Morgan fingerprint density at radius 3 is 2.53 bits per heavy atom. The smallest absolute Gasteiger partial charge is 0.278 e. The average molecular weight is 238 g/mol. The summed E-state index contributed by atoms with van der Waals surface area (Å²) >= 11 is 0. The highest BCUT2D eigenvalue weighted by Gasteiger charge is 2.20. The van der Waals surface area contributed by atoms with Gasteiger partial charge in [-0.05, 0) is 33.1 Å². The maximum Gasteiger partial charge on any atom is 0.278 e. The number of nitro groups is 1. The molecule has 0 aliphatic carbocycles. The second kappa shape index (κ2) is 5.23. The summed E-state index contributed by atoms with van der Waals surface area (Å²) in [6.45, 7) is 7.00. The molecule has 0 bridgehead atoms. The van der Waals surface area contributed by atoms with Crippen molar-refractivity contribution in [2.24, 2.45) is 5.92 Å². The molecule has 0 spiro atoms. The molecule has 0 radical (unpaired) electrons. The number of aryl methyl sites for hydroxylation is 1. The van der Waals surface area contributed by atoms with Gasteiger partial charge >= 0.3 is 0 Å². The first-order valence-electron chi connectivity index (χ1n) is 5.62. The predicted molar refractivity (Wildman–Crippen MR) is 64.9 cm³/mol. The molecule has 94 valence electrons. The fraction of sp³-hybridized carbons (Fsp3) is 0.583. The van der Waals surface area contributed by atoms with Crippen LogP contribution in [0.25, 0.3) is 0 Å². The zero-order valence-corrected chi connectivity index (χ0v) is 10.6. The van der Waals surface area contributed by atoms with Crippen molar-refractivity contribution in [3.05, 3.63) is 33.1 Å². The second-order valence-corrected chi connectivity index (χ2v) is 4.54. The topological polar surface area (TPSA) is 76.3 Å². The van der Waals surface area contributed by atoms with Crippen molar-refractivity contribution in [2.75, 3.05) is 0 Å². The van der Waals surface area contributed by atoms with Gasteiger partial charge in [0.15, 0.2) is 0 Å².